The fraction of sp³-hybridized carbons (Fsp3) is 0.188. The molecule has 2 aromatic carbocycles. The van der Waals surface area contributed by atoms with Crippen LogP contribution in [0.5, 0.6) is 5.75 Å². The van der Waals surface area contributed by atoms with E-state index in [1.54, 1.807) is 43.3 Å². The maximum absolute atomic E-state index is 13.0. The van der Waals surface area contributed by atoms with E-state index in [2.05, 4.69) is 5.32 Å². The lowest BCUT2D eigenvalue weighted by molar-refractivity contribution is -0.127. The van der Waals surface area contributed by atoms with Gasteiger partial charge in [0.25, 0.3) is 5.91 Å². The van der Waals surface area contributed by atoms with Crippen molar-refractivity contribution in [1.29, 1.82) is 0 Å². The molecule has 2 aromatic rings. The third-order valence-electron chi connectivity index (χ3n) is 2.83. The summed E-state index contributed by atoms with van der Waals surface area (Å²) in [6.07, 6.45) is -0.669. The minimum absolute atomic E-state index is 0.250. The van der Waals surface area contributed by atoms with Gasteiger partial charge in [-0.15, -0.1) is 0 Å². The van der Waals surface area contributed by atoms with E-state index in [0.717, 1.165) is 0 Å². The van der Waals surface area contributed by atoms with Crippen molar-refractivity contribution in [2.75, 3.05) is 0 Å². The number of carbonyl (C=O) groups excluding carboxylic acids is 1. The number of benzene rings is 2. The van der Waals surface area contributed by atoms with Crippen molar-refractivity contribution in [2.45, 2.75) is 19.6 Å². The minimum atomic E-state index is -0.669. The molecule has 0 bridgehead atoms. The van der Waals surface area contributed by atoms with E-state index in [1.165, 1.54) is 12.1 Å². The third kappa shape index (κ3) is 4.76. The van der Waals surface area contributed by atoms with Crippen molar-refractivity contribution in [3.05, 3.63) is 64.9 Å². The molecular weight excluding hydrogens is 293 g/mol. The second-order valence-corrected chi connectivity index (χ2v) is 5.00. The van der Waals surface area contributed by atoms with Gasteiger partial charge in [0.1, 0.15) is 11.6 Å². The van der Waals surface area contributed by atoms with E-state index in [1.807, 2.05) is 0 Å². The highest BCUT2D eigenvalue weighted by Gasteiger charge is 2.14. The van der Waals surface area contributed by atoms with E-state index < -0.39 is 6.10 Å². The normalized spacial score (nSPS) is 11.8. The number of nitrogens with one attached hydrogen (secondary N) is 1. The van der Waals surface area contributed by atoms with Crippen molar-refractivity contribution in [1.82, 2.24) is 5.32 Å². The van der Waals surface area contributed by atoms with Gasteiger partial charge in [0.2, 0.25) is 0 Å². The highest BCUT2D eigenvalue weighted by atomic mass is 35.5. The molecule has 5 heteroatoms. The second-order valence-electron chi connectivity index (χ2n) is 4.57. The first-order valence-electron chi connectivity index (χ1n) is 6.49. The quantitative estimate of drug-likeness (QED) is 0.917. The summed E-state index contributed by atoms with van der Waals surface area (Å²) in [5, 5.41) is 3.24. The molecule has 0 aliphatic heterocycles. The topological polar surface area (TPSA) is 38.3 Å². The Morgan fingerprint density at radius 1 is 1.29 bits per heavy atom. The molecule has 3 nitrogen and oxygen atoms in total. The zero-order valence-electron chi connectivity index (χ0n) is 11.5. The van der Waals surface area contributed by atoms with Crippen LogP contribution in [-0.4, -0.2) is 12.0 Å². The standard InChI is InChI=1S/C16H15ClFNO2/c1-11(21-15-7-3-5-13(17)9-15)16(20)19-10-12-4-2-6-14(18)8-12/h2-9,11H,10H2,1H3,(H,19,20). The van der Waals surface area contributed by atoms with Crippen LogP contribution in [-0.2, 0) is 11.3 Å². The molecule has 110 valence electrons. The van der Waals surface area contributed by atoms with Gasteiger partial charge in [0, 0.05) is 11.6 Å². The predicted molar refractivity (Wildman–Crippen MR) is 79.8 cm³/mol. The summed E-state index contributed by atoms with van der Waals surface area (Å²) in [5.41, 5.74) is 0.693. The van der Waals surface area contributed by atoms with Gasteiger partial charge >= 0.3 is 0 Å². The van der Waals surface area contributed by atoms with Crippen LogP contribution in [0.3, 0.4) is 0 Å². The fourth-order valence-corrected chi connectivity index (χ4v) is 1.96. The highest BCUT2D eigenvalue weighted by Crippen LogP contribution is 2.18. The van der Waals surface area contributed by atoms with Gasteiger partial charge in [-0.25, -0.2) is 4.39 Å². The largest absolute Gasteiger partial charge is 0.481 e. The summed E-state index contributed by atoms with van der Waals surface area (Å²) in [6.45, 7) is 1.89. The van der Waals surface area contributed by atoms with Crippen LogP contribution in [0.4, 0.5) is 4.39 Å². The van der Waals surface area contributed by atoms with Gasteiger partial charge in [-0.2, -0.15) is 0 Å². The SMILES string of the molecule is CC(Oc1cccc(Cl)c1)C(=O)NCc1cccc(F)c1. The Labute approximate surface area is 127 Å². The first-order chi connectivity index (χ1) is 10.0. The van der Waals surface area contributed by atoms with Crippen molar-refractivity contribution in [3.63, 3.8) is 0 Å². The molecule has 0 radical (unpaired) electrons. The predicted octanol–water partition coefficient (Wildman–Crippen LogP) is 3.56. The Bertz CT molecular complexity index is 633. The number of carbonyl (C=O) groups is 1. The smallest absolute Gasteiger partial charge is 0.261 e. The number of rotatable bonds is 5. The maximum Gasteiger partial charge on any atom is 0.261 e. The van der Waals surface area contributed by atoms with Gasteiger partial charge in [0.05, 0.1) is 0 Å². The summed E-state index contributed by atoms with van der Waals surface area (Å²) in [4.78, 5) is 11.9. The highest BCUT2D eigenvalue weighted by molar-refractivity contribution is 6.30. The maximum atomic E-state index is 13.0. The average molecular weight is 308 g/mol. The van der Waals surface area contributed by atoms with E-state index >= 15 is 0 Å². The van der Waals surface area contributed by atoms with Gasteiger partial charge in [0.15, 0.2) is 6.10 Å². The van der Waals surface area contributed by atoms with Crippen molar-refractivity contribution in [3.8, 4) is 5.75 Å². The molecule has 1 amide bonds. The molecule has 0 saturated heterocycles. The van der Waals surface area contributed by atoms with Crippen LogP contribution in [0, 0.1) is 5.82 Å². The van der Waals surface area contributed by atoms with Crippen molar-refractivity contribution in [2.24, 2.45) is 0 Å². The first kappa shape index (κ1) is 15.3. The second kappa shape index (κ2) is 7.09. The number of halogens is 2. The van der Waals surface area contributed by atoms with Gasteiger partial charge in [-0.05, 0) is 42.8 Å². The van der Waals surface area contributed by atoms with Crippen LogP contribution in [0.25, 0.3) is 0 Å². The lowest BCUT2D eigenvalue weighted by Gasteiger charge is -2.15. The molecule has 2 rings (SSSR count). The van der Waals surface area contributed by atoms with Gasteiger partial charge in [-0.3, -0.25) is 4.79 Å². The summed E-state index contributed by atoms with van der Waals surface area (Å²) < 4.78 is 18.5. The molecule has 21 heavy (non-hydrogen) atoms. The third-order valence-corrected chi connectivity index (χ3v) is 3.07. The molecule has 0 aromatic heterocycles. The van der Waals surface area contributed by atoms with Crippen LogP contribution >= 0.6 is 11.6 Å². The van der Waals surface area contributed by atoms with E-state index in [9.17, 15) is 9.18 Å². The zero-order chi connectivity index (χ0) is 15.2. The fourth-order valence-electron chi connectivity index (χ4n) is 1.78. The molecular formula is C16H15ClFNO2. The van der Waals surface area contributed by atoms with E-state index in [-0.39, 0.29) is 18.3 Å². The summed E-state index contributed by atoms with van der Waals surface area (Å²) >= 11 is 5.85. The lowest BCUT2D eigenvalue weighted by Crippen LogP contribution is -2.35. The van der Waals surface area contributed by atoms with Gasteiger partial charge < -0.3 is 10.1 Å². The molecule has 0 spiro atoms. The van der Waals surface area contributed by atoms with E-state index in [4.69, 9.17) is 16.3 Å². The molecule has 0 aliphatic rings. The van der Waals surface area contributed by atoms with Gasteiger partial charge in [-0.1, -0.05) is 29.8 Å². The van der Waals surface area contributed by atoms with Crippen LogP contribution in [0.2, 0.25) is 5.02 Å². The Balaban J connectivity index is 1.88. The average Bonchev–Trinajstić information content (AvgIpc) is 2.45. The molecule has 0 fully saturated rings. The first-order valence-corrected chi connectivity index (χ1v) is 6.87. The number of hydrogen-bond donors (Lipinski definition) is 1. The lowest BCUT2D eigenvalue weighted by atomic mass is 10.2. The van der Waals surface area contributed by atoms with Crippen molar-refractivity contribution < 1.29 is 13.9 Å². The molecule has 1 unspecified atom stereocenters. The summed E-state index contributed by atoms with van der Waals surface area (Å²) in [6, 6.07) is 12.9. The Morgan fingerprint density at radius 2 is 2.05 bits per heavy atom. The molecule has 0 aliphatic carbocycles. The zero-order valence-corrected chi connectivity index (χ0v) is 12.2. The minimum Gasteiger partial charge on any atom is -0.481 e. The van der Waals surface area contributed by atoms with Crippen LogP contribution in [0.1, 0.15) is 12.5 Å². The van der Waals surface area contributed by atoms with Crippen LogP contribution in [0.15, 0.2) is 48.5 Å². The van der Waals surface area contributed by atoms with E-state index in [0.29, 0.717) is 16.3 Å². The summed E-state index contributed by atoms with van der Waals surface area (Å²) in [5.74, 6) is -0.0832. The summed E-state index contributed by atoms with van der Waals surface area (Å²) in [7, 11) is 0. The molecule has 1 atom stereocenters. The number of hydrogen-bond acceptors (Lipinski definition) is 2. The van der Waals surface area contributed by atoms with Crippen LogP contribution < -0.4 is 10.1 Å². The molecule has 0 heterocycles. The molecule has 1 N–H and O–H groups in total. The Morgan fingerprint density at radius 3 is 2.76 bits per heavy atom. The Hall–Kier alpha value is -2.07. The van der Waals surface area contributed by atoms with Crippen molar-refractivity contribution >= 4 is 17.5 Å². The molecule has 0 saturated carbocycles. The number of ether oxygens (including phenoxy) is 1. The Kier molecular flexibility index (Phi) is 5.17. The number of amides is 1. The monoisotopic (exact) mass is 307 g/mol.